The van der Waals surface area contributed by atoms with Gasteiger partial charge in [-0.1, -0.05) is 0 Å². The molecule has 7 nitrogen and oxygen atoms in total. The number of aryl methyl sites for hydroxylation is 1. The fourth-order valence-corrected chi connectivity index (χ4v) is 3.49. The monoisotopic (exact) mass is 369 g/mol. The second-order valence-corrected chi connectivity index (χ2v) is 6.84. The summed E-state index contributed by atoms with van der Waals surface area (Å²) in [5.74, 6) is 0.927. The maximum Gasteiger partial charge on any atom is 0.271 e. The Morgan fingerprint density at radius 1 is 1.30 bits per heavy atom. The summed E-state index contributed by atoms with van der Waals surface area (Å²) in [5.41, 5.74) is 6.30. The third kappa shape index (κ3) is 3.68. The van der Waals surface area contributed by atoms with E-state index in [0.717, 1.165) is 42.9 Å². The Labute approximate surface area is 157 Å². The summed E-state index contributed by atoms with van der Waals surface area (Å²) in [4.78, 5) is 12.3. The number of hydrazone groups is 1. The molecule has 0 unspecified atom stereocenters. The summed E-state index contributed by atoms with van der Waals surface area (Å²) in [5, 5.41) is 4.12. The van der Waals surface area contributed by atoms with Crippen LogP contribution in [0.15, 0.2) is 29.4 Å². The van der Waals surface area contributed by atoms with E-state index >= 15 is 0 Å². The van der Waals surface area contributed by atoms with Gasteiger partial charge in [0.2, 0.25) is 6.79 Å². The number of amides is 1. The topological polar surface area (TPSA) is 74.1 Å². The SMILES string of the molecule is Cc1cc(/C=N\NC(=O)c2ccc3c(c2)OCO3)c(C)n1C[C@@H]1CCCO1. The van der Waals surface area contributed by atoms with E-state index < -0.39 is 0 Å². The van der Waals surface area contributed by atoms with E-state index in [2.05, 4.69) is 35.0 Å². The summed E-state index contributed by atoms with van der Waals surface area (Å²) >= 11 is 0. The minimum Gasteiger partial charge on any atom is -0.454 e. The molecule has 1 saturated heterocycles. The lowest BCUT2D eigenvalue weighted by Crippen LogP contribution is -2.18. The zero-order valence-corrected chi connectivity index (χ0v) is 15.5. The van der Waals surface area contributed by atoms with Gasteiger partial charge >= 0.3 is 0 Å². The van der Waals surface area contributed by atoms with Crippen LogP contribution in [0.1, 0.15) is 40.2 Å². The summed E-state index contributed by atoms with van der Waals surface area (Å²) in [6.07, 6.45) is 4.19. The molecule has 142 valence electrons. The van der Waals surface area contributed by atoms with Gasteiger partial charge in [0.25, 0.3) is 5.91 Å². The first-order valence-corrected chi connectivity index (χ1v) is 9.13. The second kappa shape index (κ2) is 7.44. The number of fused-ring (bicyclic) bond motifs is 1. The van der Waals surface area contributed by atoms with Gasteiger partial charge in [0.15, 0.2) is 11.5 Å². The number of hydrogen-bond acceptors (Lipinski definition) is 5. The highest BCUT2D eigenvalue weighted by Crippen LogP contribution is 2.32. The molecule has 1 aromatic heterocycles. The highest BCUT2D eigenvalue weighted by Gasteiger charge is 2.19. The van der Waals surface area contributed by atoms with Gasteiger partial charge in [-0.25, -0.2) is 5.43 Å². The number of nitrogens with zero attached hydrogens (tertiary/aromatic N) is 2. The first-order valence-electron chi connectivity index (χ1n) is 9.13. The molecule has 0 radical (unpaired) electrons. The van der Waals surface area contributed by atoms with E-state index in [1.54, 1.807) is 24.4 Å². The van der Waals surface area contributed by atoms with Crippen molar-refractivity contribution in [1.82, 2.24) is 9.99 Å². The number of benzene rings is 1. The van der Waals surface area contributed by atoms with Crippen LogP contribution in [0.2, 0.25) is 0 Å². The van der Waals surface area contributed by atoms with Crippen molar-refractivity contribution < 1.29 is 19.0 Å². The summed E-state index contributed by atoms with van der Waals surface area (Å²) < 4.78 is 18.5. The van der Waals surface area contributed by atoms with E-state index in [-0.39, 0.29) is 18.8 Å². The van der Waals surface area contributed by atoms with Crippen LogP contribution in [-0.4, -0.2) is 36.2 Å². The van der Waals surface area contributed by atoms with Gasteiger partial charge < -0.3 is 18.8 Å². The Morgan fingerprint density at radius 2 is 2.15 bits per heavy atom. The van der Waals surface area contributed by atoms with E-state index in [9.17, 15) is 4.79 Å². The largest absolute Gasteiger partial charge is 0.454 e. The summed E-state index contributed by atoms with van der Waals surface area (Å²) in [6, 6.07) is 7.13. The van der Waals surface area contributed by atoms with Crippen molar-refractivity contribution in [2.24, 2.45) is 5.10 Å². The van der Waals surface area contributed by atoms with Crippen LogP contribution in [0.25, 0.3) is 0 Å². The first-order chi connectivity index (χ1) is 13.1. The van der Waals surface area contributed by atoms with Gasteiger partial charge in [-0.15, -0.1) is 0 Å². The molecule has 27 heavy (non-hydrogen) atoms. The lowest BCUT2D eigenvalue weighted by Gasteiger charge is -2.14. The fourth-order valence-electron chi connectivity index (χ4n) is 3.49. The average molecular weight is 369 g/mol. The number of carbonyl (C=O) groups excluding carboxylic acids is 1. The Bertz CT molecular complexity index is 882. The standard InChI is InChI=1S/C20H23N3O4/c1-13-8-16(14(2)23(13)11-17-4-3-7-25-17)10-21-22-20(24)15-5-6-18-19(9-15)27-12-26-18/h5-6,8-10,17H,3-4,7,11-12H2,1-2H3,(H,22,24)/b21-10-/t17-/m0/s1. The zero-order valence-electron chi connectivity index (χ0n) is 15.5. The van der Waals surface area contributed by atoms with Crippen LogP contribution in [0.4, 0.5) is 0 Å². The van der Waals surface area contributed by atoms with Crippen LogP contribution < -0.4 is 14.9 Å². The third-order valence-corrected chi connectivity index (χ3v) is 5.03. The molecule has 2 aromatic rings. The lowest BCUT2D eigenvalue weighted by molar-refractivity contribution is 0.0954. The average Bonchev–Trinajstić information content (AvgIpc) is 3.39. The number of ether oxygens (including phenoxy) is 3. The molecule has 1 fully saturated rings. The molecule has 1 atom stereocenters. The maximum atomic E-state index is 12.3. The highest BCUT2D eigenvalue weighted by molar-refractivity contribution is 5.95. The van der Waals surface area contributed by atoms with Crippen LogP contribution >= 0.6 is 0 Å². The van der Waals surface area contributed by atoms with Crippen molar-refractivity contribution >= 4 is 12.1 Å². The van der Waals surface area contributed by atoms with Crippen LogP contribution in [0, 0.1) is 13.8 Å². The van der Waals surface area contributed by atoms with Crippen LogP contribution in [-0.2, 0) is 11.3 Å². The highest BCUT2D eigenvalue weighted by atomic mass is 16.7. The van der Waals surface area contributed by atoms with Gasteiger partial charge in [0.05, 0.1) is 12.3 Å². The van der Waals surface area contributed by atoms with Crippen molar-refractivity contribution in [2.75, 3.05) is 13.4 Å². The number of nitrogens with one attached hydrogen (secondary N) is 1. The quantitative estimate of drug-likeness (QED) is 0.650. The van der Waals surface area contributed by atoms with Gasteiger partial charge in [0.1, 0.15) is 0 Å². The van der Waals surface area contributed by atoms with Crippen molar-refractivity contribution in [1.29, 1.82) is 0 Å². The van der Waals surface area contributed by atoms with Crippen molar-refractivity contribution in [3.8, 4) is 11.5 Å². The smallest absolute Gasteiger partial charge is 0.271 e. The first kappa shape index (κ1) is 17.6. The second-order valence-electron chi connectivity index (χ2n) is 6.84. The van der Waals surface area contributed by atoms with Crippen molar-refractivity contribution in [3.05, 3.63) is 46.8 Å². The molecular formula is C20H23N3O4. The van der Waals surface area contributed by atoms with E-state index in [4.69, 9.17) is 14.2 Å². The van der Waals surface area contributed by atoms with Crippen molar-refractivity contribution in [3.63, 3.8) is 0 Å². The molecule has 4 rings (SSSR count). The molecule has 0 bridgehead atoms. The summed E-state index contributed by atoms with van der Waals surface area (Å²) in [7, 11) is 0. The molecular weight excluding hydrogens is 346 g/mol. The van der Waals surface area contributed by atoms with E-state index in [1.807, 2.05) is 0 Å². The molecule has 2 aliphatic rings. The Balaban J connectivity index is 1.41. The van der Waals surface area contributed by atoms with E-state index in [0.29, 0.717) is 17.1 Å². The van der Waals surface area contributed by atoms with E-state index in [1.165, 1.54) is 0 Å². The Kier molecular flexibility index (Phi) is 4.85. The molecule has 0 spiro atoms. The number of aromatic nitrogens is 1. The molecule has 1 amide bonds. The number of carbonyl (C=O) groups is 1. The minimum atomic E-state index is -0.294. The molecule has 1 aromatic carbocycles. The number of hydrogen-bond donors (Lipinski definition) is 1. The fraction of sp³-hybridized carbons (Fsp3) is 0.400. The molecule has 1 N–H and O–H groups in total. The summed E-state index contributed by atoms with van der Waals surface area (Å²) in [6.45, 7) is 6.02. The van der Waals surface area contributed by atoms with Gasteiger partial charge in [0, 0.05) is 35.7 Å². The van der Waals surface area contributed by atoms with Crippen LogP contribution in [0.3, 0.4) is 0 Å². The third-order valence-electron chi connectivity index (χ3n) is 5.03. The molecule has 0 aliphatic carbocycles. The maximum absolute atomic E-state index is 12.3. The van der Waals surface area contributed by atoms with Gasteiger partial charge in [-0.05, 0) is 51.0 Å². The molecule has 7 heteroatoms. The Hall–Kier alpha value is -2.80. The minimum absolute atomic E-state index is 0.181. The van der Waals surface area contributed by atoms with Crippen molar-refractivity contribution in [2.45, 2.75) is 39.3 Å². The molecule has 0 saturated carbocycles. The van der Waals surface area contributed by atoms with Crippen LogP contribution in [0.5, 0.6) is 11.5 Å². The molecule has 3 heterocycles. The normalized spacial score (nSPS) is 18.4. The Morgan fingerprint density at radius 3 is 2.96 bits per heavy atom. The predicted octanol–water partition coefficient (Wildman–Crippen LogP) is 2.78. The van der Waals surface area contributed by atoms with Gasteiger partial charge in [-0.3, -0.25) is 4.79 Å². The number of rotatable bonds is 5. The lowest BCUT2D eigenvalue weighted by atomic mass is 10.2. The predicted molar refractivity (Wildman–Crippen MR) is 101 cm³/mol. The zero-order chi connectivity index (χ0) is 18.8. The van der Waals surface area contributed by atoms with Gasteiger partial charge in [-0.2, -0.15) is 5.10 Å². The molecule has 2 aliphatic heterocycles.